The van der Waals surface area contributed by atoms with Crippen LogP contribution in [-0.4, -0.2) is 28.4 Å². The molecule has 6 nitrogen and oxygen atoms in total. The van der Waals surface area contributed by atoms with Crippen LogP contribution in [0.2, 0.25) is 0 Å². The predicted molar refractivity (Wildman–Crippen MR) is 69.3 cm³/mol. The summed E-state index contributed by atoms with van der Waals surface area (Å²) >= 11 is 0. The van der Waals surface area contributed by atoms with Crippen molar-refractivity contribution in [1.82, 2.24) is 10.6 Å². The van der Waals surface area contributed by atoms with Gasteiger partial charge in [-0.2, -0.15) is 0 Å². The molecule has 1 aromatic rings. The first-order chi connectivity index (χ1) is 8.86. The molecule has 1 aromatic carbocycles. The Labute approximate surface area is 112 Å². The summed E-state index contributed by atoms with van der Waals surface area (Å²) in [5, 5.41) is 3.22. The molecule has 0 aromatic heterocycles. The number of amides is 3. The Kier molecular flexibility index (Phi) is 4.99. The molecule has 0 heterocycles. The first-order valence-electron chi connectivity index (χ1n) is 5.35. The van der Waals surface area contributed by atoms with Gasteiger partial charge in [0.25, 0.3) is 0 Å². The third kappa shape index (κ3) is 3.75. The smallest absolute Gasteiger partial charge is 0.321 e. The molecule has 104 valence electrons. The van der Waals surface area contributed by atoms with Crippen LogP contribution in [-0.2, 0) is 15.6 Å². The minimum Gasteiger partial charge on any atom is -0.398 e. The standard InChI is InChI=1S/C11H14FN3O3S/c1-6(10(16)15-11(17)14-2)19(18)9-4-3-7(12)5-8(9)13/h3-6H,13H2,1-2H3,(H2,14,15,16,17). The molecule has 2 atom stereocenters. The van der Waals surface area contributed by atoms with Gasteiger partial charge in [-0.05, 0) is 25.1 Å². The third-order valence-electron chi connectivity index (χ3n) is 2.34. The number of nitrogens with two attached hydrogens (primary N) is 1. The van der Waals surface area contributed by atoms with Gasteiger partial charge in [-0.1, -0.05) is 0 Å². The van der Waals surface area contributed by atoms with Gasteiger partial charge in [-0.25, -0.2) is 9.18 Å². The van der Waals surface area contributed by atoms with E-state index in [2.05, 4.69) is 5.32 Å². The van der Waals surface area contributed by atoms with E-state index in [0.29, 0.717) is 0 Å². The van der Waals surface area contributed by atoms with Gasteiger partial charge in [0.05, 0.1) is 21.4 Å². The fraction of sp³-hybridized carbons (Fsp3) is 0.273. The first-order valence-corrected chi connectivity index (χ1v) is 6.56. The SMILES string of the molecule is CNC(=O)NC(=O)C(C)S(=O)c1ccc(F)cc1N. The number of imide groups is 1. The number of rotatable bonds is 3. The van der Waals surface area contributed by atoms with Crippen LogP contribution in [0.5, 0.6) is 0 Å². The normalized spacial score (nSPS) is 13.4. The molecule has 0 radical (unpaired) electrons. The van der Waals surface area contributed by atoms with E-state index in [9.17, 15) is 18.2 Å². The zero-order chi connectivity index (χ0) is 14.6. The van der Waals surface area contributed by atoms with Gasteiger partial charge >= 0.3 is 6.03 Å². The number of nitrogens with one attached hydrogen (secondary N) is 2. The van der Waals surface area contributed by atoms with Crippen LogP contribution in [0, 0.1) is 5.82 Å². The summed E-state index contributed by atoms with van der Waals surface area (Å²) in [5.74, 6) is -1.26. The molecule has 0 fully saturated rings. The molecular weight excluding hydrogens is 273 g/mol. The van der Waals surface area contributed by atoms with Crippen molar-refractivity contribution in [2.45, 2.75) is 17.1 Å². The topological polar surface area (TPSA) is 101 Å². The van der Waals surface area contributed by atoms with Gasteiger partial charge in [0.2, 0.25) is 5.91 Å². The van der Waals surface area contributed by atoms with Crippen LogP contribution < -0.4 is 16.4 Å². The highest BCUT2D eigenvalue weighted by Crippen LogP contribution is 2.20. The van der Waals surface area contributed by atoms with Crippen LogP contribution in [0.3, 0.4) is 0 Å². The van der Waals surface area contributed by atoms with Gasteiger partial charge < -0.3 is 11.1 Å². The fourth-order valence-corrected chi connectivity index (χ4v) is 2.39. The zero-order valence-electron chi connectivity index (χ0n) is 10.4. The maximum atomic E-state index is 12.9. The number of hydrogen-bond acceptors (Lipinski definition) is 4. The number of carbonyl (C=O) groups excluding carboxylic acids is 2. The summed E-state index contributed by atoms with van der Waals surface area (Å²) in [5.41, 5.74) is 5.54. The molecule has 0 bridgehead atoms. The lowest BCUT2D eigenvalue weighted by Gasteiger charge is -2.12. The van der Waals surface area contributed by atoms with Crippen LogP contribution in [0.1, 0.15) is 6.92 Å². The van der Waals surface area contributed by atoms with Crippen molar-refractivity contribution in [3.63, 3.8) is 0 Å². The maximum Gasteiger partial charge on any atom is 0.321 e. The van der Waals surface area contributed by atoms with Crippen molar-refractivity contribution in [3.05, 3.63) is 24.0 Å². The second-order valence-electron chi connectivity index (χ2n) is 3.69. The average Bonchev–Trinajstić information content (AvgIpc) is 2.36. The number of halogens is 1. The third-order valence-corrected chi connectivity index (χ3v) is 4.00. The Morgan fingerprint density at radius 3 is 2.58 bits per heavy atom. The number of urea groups is 1. The largest absolute Gasteiger partial charge is 0.398 e. The number of carbonyl (C=O) groups is 2. The van der Waals surface area contributed by atoms with Crippen molar-refractivity contribution in [2.24, 2.45) is 0 Å². The Balaban J connectivity index is 2.87. The van der Waals surface area contributed by atoms with Crippen molar-refractivity contribution >= 4 is 28.4 Å². The van der Waals surface area contributed by atoms with Gasteiger partial charge in [-0.15, -0.1) is 0 Å². The summed E-state index contributed by atoms with van der Waals surface area (Å²) in [6.45, 7) is 1.39. The van der Waals surface area contributed by atoms with E-state index < -0.39 is 33.8 Å². The summed E-state index contributed by atoms with van der Waals surface area (Å²) in [6, 6.07) is 2.69. The molecule has 0 aliphatic carbocycles. The minimum absolute atomic E-state index is 0.00192. The lowest BCUT2D eigenvalue weighted by Crippen LogP contribution is -2.43. The van der Waals surface area contributed by atoms with E-state index in [1.54, 1.807) is 0 Å². The van der Waals surface area contributed by atoms with E-state index >= 15 is 0 Å². The number of benzene rings is 1. The van der Waals surface area contributed by atoms with Gasteiger partial charge in [0.15, 0.2) is 0 Å². The van der Waals surface area contributed by atoms with Crippen LogP contribution in [0.25, 0.3) is 0 Å². The monoisotopic (exact) mass is 287 g/mol. The summed E-state index contributed by atoms with van der Waals surface area (Å²) in [7, 11) is -0.431. The lowest BCUT2D eigenvalue weighted by molar-refractivity contribution is -0.119. The Hall–Kier alpha value is -1.96. The summed E-state index contributed by atoms with van der Waals surface area (Å²) in [4.78, 5) is 22.8. The van der Waals surface area contributed by atoms with Crippen LogP contribution in [0.15, 0.2) is 23.1 Å². The summed E-state index contributed by atoms with van der Waals surface area (Å²) < 4.78 is 25.0. The average molecular weight is 287 g/mol. The van der Waals surface area contributed by atoms with Gasteiger partial charge in [0, 0.05) is 7.05 Å². The molecule has 4 N–H and O–H groups in total. The van der Waals surface area contributed by atoms with Gasteiger partial charge in [-0.3, -0.25) is 14.3 Å². The van der Waals surface area contributed by atoms with Crippen molar-refractivity contribution in [3.8, 4) is 0 Å². The maximum absolute atomic E-state index is 12.9. The Bertz CT molecular complexity index is 536. The molecular formula is C11H14FN3O3S. The lowest BCUT2D eigenvalue weighted by atomic mass is 10.3. The molecule has 0 saturated heterocycles. The molecule has 19 heavy (non-hydrogen) atoms. The first kappa shape index (κ1) is 15.1. The van der Waals surface area contributed by atoms with E-state index in [1.807, 2.05) is 5.32 Å². The molecule has 2 unspecified atom stereocenters. The van der Waals surface area contributed by atoms with E-state index in [0.717, 1.165) is 12.1 Å². The molecule has 0 saturated carbocycles. The molecule has 0 aliphatic rings. The van der Waals surface area contributed by atoms with E-state index in [1.165, 1.54) is 20.0 Å². The molecule has 0 spiro atoms. The molecule has 0 aliphatic heterocycles. The highest BCUT2D eigenvalue weighted by Gasteiger charge is 2.24. The Morgan fingerprint density at radius 1 is 1.42 bits per heavy atom. The van der Waals surface area contributed by atoms with Crippen LogP contribution >= 0.6 is 0 Å². The molecule has 3 amide bonds. The number of nitrogen functional groups attached to an aromatic ring is 1. The van der Waals surface area contributed by atoms with Crippen LogP contribution in [0.4, 0.5) is 14.9 Å². The second-order valence-corrected chi connectivity index (χ2v) is 5.43. The van der Waals surface area contributed by atoms with E-state index in [4.69, 9.17) is 5.73 Å². The second kappa shape index (κ2) is 6.28. The minimum atomic E-state index is -1.78. The highest BCUT2D eigenvalue weighted by molar-refractivity contribution is 7.86. The van der Waals surface area contributed by atoms with Crippen molar-refractivity contribution in [1.29, 1.82) is 0 Å². The molecule has 8 heteroatoms. The van der Waals surface area contributed by atoms with Gasteiger partial charge in [0.1, 0.15) is 11.1 Å². The number of hydrogen-bond donors (Lipinski definition) is 3. The summed E-state index contributed by atoms with van der Waals surface area (Å²) in [6.07, 6.45) is 0. The Morgan fingerprint density at radius 2 is 2.05 bits per heavy atom. The number of anilines is 1. The van der Waals surface area contributed by atoms with Crippen molar-refractivity contribution < 1.29 is 18.2 Å². The van der Waals surface area contributed by atoms with Crippen molar-refractivity contribution in [2.75, 3.05) is 12.8 Å². The molecule has 1 rings (SSSR count). The zero-order valence-corrected chi connectivity index (χ0v) is 11.2. The highest BCUT2D eigenvalue weighted by atomic mass is 32.2. The quantitative estimate of drug-likeness (QED) is 0.699. The predicted octanol–water partition coefficient (Wildman–Crippen LogP) is 0.360. The van der Waals surface area contributed by atoms with E-state index in [-0.39, 0.29) is 10.6 Å². The fourth-order valence-electron chi connectivity index (χ4n) is 1.27.